The van der Waals surface area contributed by atoms with Gasteiger partial charge in [-0.15, -0.1) is 0 Å². The van der Waals surface area contributed by atoms with Crippen molar-refractivity contribution in [2.75, 3.05) is 7.11 Å². The molecule has 0 aliphatic heterocycles. The maximum atomic E-state index is 15.3. The van der Waals surface area contributed by atoms with Crippen LogP contribution in [0.4, 0.5) is 8.78 Å². The highest BCUT2D eigenvalue weighted by Crippen LogP contribution is 2.46. The molecular formula is C33H29F2NO3. The Morgan fingerprint density at radius 3 is 2.23 bits per heavy atom. The second kappa shape index (κ2) is 10.4. The molecule has 39 heavy (non-hydrogen) atoms. The van der Waals surface area contributed by atoms with E-state index in [9.17, 15) is 9.18 Å². The van der Waals surface area contributed by atoms with E-state index >= 15 is 4.39 Å². The minimum Gasteiger partial charge on any atom is -0.488 e. The molecule has 0 fully saturated rings. The fourth-order valence-electron chi connectivity index (χ4n) is 4.96. The largest absolute Gasteiger partial charge is 0.488 e. The molecule has 0 amide bonds. The molecule has 0 unspecified atom stereocenters. The second-order valence-corrected chi connectivity index (χ2v) is 10.4. The molecule has 1 aromatic heterocycles. The second-order valence-electron chi connectivity index (χ2n) is 10.4. The standard InChI is InChI=1S/C33H29F2NO3/c1-33(2,3)31-29(22-13-18-25(26(35)19-22)32(37)38-4)30-27(36(31)24-16-14-23(34)15-17-24)11-8-12-28(30)39-20-21-9-6-5-7-10-21/h5-19H,20H2,1-4H3. The summed E-state index contributed by atoms with van der Waals surface area (Å²) in [5, 5.41) is 0.799. The normalized spacial score (nSPS) is 11.5. The fraction of sp³-hybridized carbons (Fsp3) is 0.182. The minimum absolute atomic E-state index is 0.138. The number of rotatable bonds is 6. The maximum Gasteiger partial charge on any atom is 0.340 e. The van der Waals surface area contributed by atoms with Crippen LogP contribution >= 0.6 is 0 Å². The van der Waals surface area contributed by atoms with Crippen LogP contribution in [0.3, 0.4) is 0 Å². The molecule has 0 aliphatic rings. The molecule has 4 aromatic carbocycles. The highest BCUT2D eigenvalue weighted by molar-refractivity contribution is 6.04. The number of aromatic nitrogens is 1. The molecule has 5 rings (SSSR count). The van der Waals surface area contributed by atoms with Crippen LogP contribution in [-0.4, -0.2) is 17.6 Å². The molecule has 4 nitrogen and oxygen atoms in total. The summed E-state index contributed by atoms with van der Waals surface area (Å²) < 4.78 is 42.4. The van der Waals surface area contributed by atoms with E-state index in [4.69, 9.17) is 9.47 Å². The first-order valence-corrected chi connectivity index (χ1v) is 12.7. The van der Waals surface area contributed by atoms with Gasteiger partial charge in [-0.3, -0.25) is 0 Å². The smallest absolute Gasteiger partial charge is 0.340 e. The van der Waals surface area contributed by atoms with Crippen LogP contribution in [0.15, 0.2) is 91.0 Å². The summed E-state index contributed by atoms with van der Waals surface area (Å²) in [4.78, 5) is 12.1. The molecular weight excluding hydrogens is 496 g/mol. The SMILES string of the molecule is COC(=O)c1ccc(-c2c(C(C)(C)C)n(-c3ccc(F)cc3)c3cccc(OCc4ccccc4)c23)cc1F. The molecule has 0 saturated heterocycles. The molecule has 5 aromatic rings. The van der Waals surface area contributed by atoms with Crippen molar-refractivity contribution in [1.82, 2.24) is 4.57 Å². The van der Waals surface area contributed by atoms with Gasteiger partial charge in [0.25, 0.3) is 0 Å². The summed E-state index contributed by atoms with van der Waals surface area (Å²) in [5.74, 6) is -1.12. The third-order valence-electron chi connectivity index (χ3n) is 6.65. The topological polar surface area (TPSA) is 40.5 Å². The van der Waals surface area contributed by atoms with E-state index in [2.05, 4.69) is 25.3 Å². The van der Waals surface area contributed by atoms with Crippen molar-refractivity contribution >= 4 is 16.9 Å². The number of methoxy groups -OCH3 is 1. The highest BCUT2D eigenvalue weighted by Gasteiger charge is 2.30. The van der Waals surface area contributed by atoms with Gasteiger partial charge in [-0.25, -0.2) is 13.6 Å². The lowest BCUT2D eigenvalue weighted by Gasteiger charge is -2.25. The fourth-order valence-corrected chi connectivity index (χ4v) is 4.96. The van der Waals surface area contributed by atoms with Gasteiger partial charge in [0, 0.05) is 22.4 Å². The number of carbonyl (C=O) groups is 1. The van der Waals surface area contributed by atoms with E-state index in [1.807, 2.05) is 48.5 Å². The van der Waals surface area contributed by atoms with Crippen LogP contribution in [0.5, 0.6) is 5.75 Å². The molecule has 198 valence electrons. The monoisotopic (exact) mass is 525 g/mol. The quantitative estimate of drug-likeness (QED) is 0.210. The number of hydrogen-bond donors (Lipinski definition) is 0. The molecule has 6 heteroatoms. The molecule has 0 bridgehead atoms. The van der Waals surface area contributed by atoms with E-state index < -0.39 is 17.2 Å². The number of carbonyl (C=O) groups excluding carboxylic acids is 1. The van der Waals surface area contributed by atoms with E-state index in [1.165, 1.54) is 31.4 Å². The van der Waals surface area contributed by atoms with Crippen LogP contribution in [0.25, 0.3) is 27.7 Å². The van der Waals surface area contributed by atoms with Gasteiger partial charge in [0.1, 0.15) is 24.0 Å². The Balaban J connectivity index is 1.82. The summed E-state index contributed by atoms with van der Waals surface area (Å²) in [5.41, 5.74) is 4.32. The first-order chi connectivity index (χ1) is 18.7. The zero-order chi connectivity index (χ0) is 27.7. The highest BCUT2D eigenvalue weighted by atomic mass is 19.1. The van der Waals surface area contributed by atoms with Gasteiger partial charge < -0.3 is 14.0 Å². The third kappa shape index (κ3) is 5.02. The first kappa shape index (κ1) is 26.2. The zero-order valence-electron chi connectivity index (χ0n) is 22.3. The molecule has 0 aliphatic carbocycles. The average Bonchev–Trinajstić information content (AvgIpc) is 3.29. The lowest BCUT2D eigenvalue weighted by atomic mass is 9.85. The van der Waals surface area contributed by atoms with Crippen molar-refractivity contribution in [2.24, 2.45) is 0 Å². The predicted octanol–water partition coefficient (Wildman–Crippen LogP) is 8.24. The number of ether oxygens (including phenoxy) is 2. The van der Waals surface area contributed by atoms with Gasteiger partial charge in [-0.1, -0.05) is 63.2 Å². The molecule has 0 N–H and O–H groups in total. The first-order valence-electron chi connectivity index (χ1n) is 12.7. The van der Waals surface area contributed by atoms with Gasteiger partial charge in [0.2, 0.25) is 0 Å². The number of fused-ring (bicyclic) bond motifs is 1. The summed E-state index contributed by atoms with van der Waals surface area (Å²) in [6.07, 6.45) is 0. The molecule has 1 heterocycles. The third-order valence-corrected chi connectivity index (χ3v) is 6.65. The minimum atomic E-state index is -0.740. The number of esters is 1. The van der Waals surface area contributed by atoms with Gasteiger partial charge in [-0.2, -0.15) is 0 Å². The Hall–Kier alpha value is -4.45. The summed E-state index contributed by atoms with van der Waals surface area (Å²) in [6, 6.07) is 26.5. The van der Waals surface area contributed by atoms with Crippen LogP contribution in [0.1, 0.15) is 42.4 Å². The molecule has 0 atom stereocenters. The maximum absolute atomic E-state index is 15.3. The van der Waals surface area contributed by atoms with Gasteiger partial charge in [0.15, 0.2) is 0 Å². The van der Waals surface area contributed by atoms with Crippen molar-refractivity contribution in [3.05, 3.63) is 119 Å². The van der Waals surface area contributed by atoms with E-state index in [0.29, 0.717) is 17.9 Å². The lowest BCUT2D eigenvalue weighted by molar-refractivity contribution is 0.0595. The van der Waals surface area contributed by atoms with Crippen LogP contribution in [0, 0.1) is 11.6 Å². The number of halogens is 2. The molecule has 0 radical (unpaired) electrons. The summed E-state index contributed by atoms with van der Waals surface area (Å²) >= 11 is 0. The van der Waals surface area contributed by atoms with E-state index in [1.54, 1.807) is 18.2 Å². The molecule has 0 spiro atoms. The van der Waals surface area contributed by atoms with Crippen LogP contribution in [-0.2, 0) is 16.8 Å². The van der Waals surface area contributed by atoms with Crippen molar-refractivity contribution in [1.29, 1.82) is 0 Å². The van der Waals surface area contributed by atoms with Crippen molar-refractivity contribution in [3.8, 4) is 22.6 Å². The van der Waals surface area contributed by atoms with E-state index in [0.717, 1.165) is 33.4 Å². The van der Waals surface area contributed by atoms with Crippen molar-refractivity contribution in [3.63, 3.8) is 0 Å². The van der Waals surface area contributed by atoms with E-state index in [-0.39, 0.29) is 11.4 Å². The Bertz CT molecular complexity index is 1650. The number of hydrogen-bond acceptors (Lipinski definition) is 3. The van der Waals surface area contributed by atoms with Crippen LogP contribution < -0.4 is 4.74 Å². The number of nitrogens with zero attached hydrogens (tertiary/aromatic N) is 1. The summed E-state index contributed by atoms with van der Waals surface area (Å²) in [7, 11) is 1.22. The van der Waals surface area contributed by atoms with Gasteiger partial charge >= 0.3 is 5.97 Å². The van der Waals surface area contributed by atoms with Crippen molar-refractivity contribution < 1.29 is 23.0 Å². The summed E-state index contributed by atoms with van der Waals surface area (Å²) in [6.45, 7) is 6.58. The Morgan fingerprint density at radius 1 is 0.872 bits per heavy atom. The molecule has 0 saturated carbocycles. The Kier molecular flexibility index (Phi) is 6.96. The average molecular weight is 526 g/mol. The number of benzene rings is 4. The predicted molar refractivity (Wildman–Crippen MR) is 149 cm³/mol. The van der Waals surface area contributed by atoms with Crippen LogP contribution in [0.2, 0.25) is 0 Å². The Labute approximate surface area is 226 Å². The Morgan fingerprint density at radius 2 is 1.59 bits per heavy atom. The zero-order valence-corrected chi connectivity index (χ0v) is 22.3. The van der Waals surface area contributed by atoms with Crippen molar-refractivity contribution in [2.45, 2.75) is 32.8 Å². The van der Waals surface area contributed by atoms with Gasteiger partial charge in [-0.05, 0) is 59.7 Å². The lowest BCUT2D eigenvalue weighted by Crippen LogP contribution is -2.18. The van der Waals surface area contributed by atoms with Gasteiger partial charge in [0.05, 0.1) is 23.6 Å².